The van der Waals surface area contributed by atoms with Gasteiger partial charge < -0.3 is 14.2 Å². The molecule has 2 aliphatic rings. The quantitative estimate of drug-likeness (QED) is 0.284. The summed E-state index contributed by atoms with van der Waals surface area (Å²) in [6.45, 7) is 3.48. The first kappa shape index (κ1) is 23.8. The molecule has 0 fully saturated rings. The molecule has 0 aliphatic carbocycles. The Morgan fingerprint density at radius 2 is 2.00 bits per heavy atom. The van der Waals surface area contributed by atoms with E-state index in [9.17, 15) is 19.7 Å². The average molecular weight is 528 g/mol. The van der Waals surface area contributed by atoms with Crippen molar-refractivity contribution < 1.29 is 23.9 Å². The summed E-state index contributed by atoms with van der Waals surface area (Å²) < 4.78 is 17.5. The third-order valence-corrected chi connectivity index (χ3v) is 6.94. The van der Waals surface area contributed by atoms with Gasteiger partial charge in [-0.3, -0.25) is 19.5 Å². The van der Waals surface area contributed by atoms with Gasteiger partial charge in [0.05, 0.1) is 45.0 Å². The van der Waals surface area contributed by atoms with Crippen molar-refractivity contribution in [1.82, 2.24) is 4.57 Å². The number of fused-ring (bicyclic) bond motifs is 2. The van der Waals surface area contributed by atoms with E-state index in [0.717, 1.165) is 11.3 Å². The second-order valence-electron chi connectivity index (χ2n) is 7.88. The van der Waals surface area contributed by atoms with Crippen LogP contribution in [0.2, 0.25) is 5.02 Å². The van der Waals surface area contributed by atoms with Crippen molar-refractivity contribution in [3.05, 3.63) is 93.6 Å². The lowest BCUT2D eigenvalue weighted by Gasteiger charge is -2.24. The summed E-state index contributed by atoms with van der Waals surface area (Å²) in [5.74, 6) is 0.0243. The number of nitro benzene ring substituents is 1. The highest BCUT2D eigenvalue weighted by molar-refractivity contribution is 7.07. The number of nitro groups is 1. The maximum absolute atomic E-state index is 13.7. The minimum atomic E-state index is -0.813. The Labute approximate surface area is 212 Å². The van der Waals surface area contributed by atoms with Crippen LogP contribution in [0.3, 0.4) is 0 Å². The third kappa shape index (κ3) is 4.06. The zero-order valence-corrected chi connectivity index (χ0v) is 20.6. The molecule has 0 bridgehead atoms. The van der Waals surface area contributed by atoms with Gasteiger partial charge in [0, 0.05) is 5.02 Å². The van der Waals surface area contributed by atoms with Gasteiger partial charge in [-0.15, -0.1) is 0 Å². The van der Waals surface area contributed by atoms with Crippen LogP contribution >= 0.6 is 22.9 Å². The number of ether oxygens (including phenoxy) is 3. The van der Waals surface area contributed by atoms with Gasteiger partial charge in [0.1, 0.15) is 0 Å². The van der Waals surface area contributed by atoms with Crippen LogP contribution < -0.4 is 24.4 Å². The Morgan fingerprint density at radius 3 is 2.67 bits per heavy atom. The Morgan fingerprint density at radius 1 is 1.31 bits per heavy atom. The number of rotatable bonds is 5. The highest BCUT2D eigenvalue weighted by atomic mass is 35.5. The Kier molecular flexibility index (Phi) is 6.10. The minimum absolute atomic E-state index is 0.0465. The van der Waals surface area contributed by atoms with Crippen molar-refractivity contribution in [2.45, 2.75) is 19.9 Å². The number of benzene rings is 2. The number of allylic oxidation sites excluding steroid dienone is 1. The van der Waals surface area contributed by atoms with Gasteiger partial charge in [-0.05, 0) is 43.7 Å². The van der Waals surface area contributed by atoms with Crippen molar-refractivity contribution in [1.29, 1.82) is 0 Å². The molecule has 36 heavy (non-hydrogen) atoms. The number of aromatic nitrogens is 1. The van der Waals surface area contributed by atoms with Gasteiger partial charge in [0.25, 0.3) is 11.2 Å². The largest absolute Gasteiger partial charge is 0.463 e. The first-order chi connectivity index (χ1) is 17.3. The molecule has 1 aromatic heterocycles. The SMILES string of the molecule is CCOC(=O)C1=C(C)N=c2s/c(=C\c3cc4c(cc3[N+](=O)[O-])OCO4)c(=O)n2[C@H]1c1ccc(Cl)cc1. The molecule has 2 aromatic carbocycles. The van der Waals surface area contributed by atoms with E-state index in [2.05, 4.69) is 4.99 Å². The molecule has 3 heterocycles. The lowest BCUT2D eigenvalue weighted by atomic mass is 9.96. The zero-order valence-electron chi connectivity index (χ0n) is 19.0. The summed E-state index contributed by atoms with van der Waals surface area (Å²) in [6, 6.07) is 8.71. The van der Waals surface area contributed by atoms with E-state index >= 15 is 0 Å². The van der Waals surface area contributed by atoms with E-state index in [0.29, 0.717) is 26.8 Å². The summed E-state index contributed by atoms with van der Waals surface area (Å²) in [6.07, 6.45) is 1.42. The molecule has 10 nitrogen and oxygen atoms in total. The Bertz CT molecular complexity index is 1620. The van der Waals surface area contributed by atoms with Crippen molar-refractivity contribution in [2.75, 3.05) is 13.4 Å². The standard InChI is InChI=1S/C24H18ClN3O7S/c1-3-33-23(30)20-12(2)26-24-27(21(20)13-4-6-15(25)7-5-13)22(29)19(36-24)9-14-8-17-18(35-11-34-17)10-16(14)28(31)32/h4-10,21H,3,11H2,1-2H3/b19-9-/t21-/m0/s1. The lowest BCUT2D eigenvalue weighted by molar-refractivity contribution is -0.385. The normalized spacial score (nSPS) is 16.5. The molecule has 0 N–H and O–H groups in total. The number of esters is 1. The van der Waals surface area contributed by atoms with Gasteiger partial charge >= 0.3 is 5.97 Å². The maximum atomic E-state index is 13.7. The van der Waals surface area contributed by atoms with Gasteiger partial charge in [0.15, 0.2) is 16.3 Å². The van der Waals surface area contributed by atoms with Gasteiger partial charge in [0.2, 0.25) is 6.79 Å². The number of thiazole rings is 1. The molecule has 0 unspecified atom stereocenters. The van der Waals surface area contributed by atoms with Gasteiger partial charge in [-0.1, -0.05) is 35.1 Å². The Balaban J connectivity index is 1.73. The fourth-order valence-electron chi connectivity index (χ4n) is 4.11. The molecule has 0 radical (unpaired) electrons. The summed E-state index contributed by atoms with van der Waals surface area (Å²) >= 11 is 7.13. The molecule has 0 saturated heterocycles. The second-order valence-corrected chi connectivity index (χ2v) is 9.32. The number of carbonyl (C=O) groups is 1. The number of carbonyl (C=O) groups excluding carboxylic acids is 1. The van der Waals surface area contributed by atoms with E-state index < -0.39 is 22.5 Å². The molecule has 0 amide bonds. The van der Waals surface area contributed by atoms with E-state index in [1.807, 2.05) is 0 Å². The summed E-state index contributed by atoms with van der Waals surface area (Å²) in [5, 5.41) is 12.2. The van der Waals surface area contributed by atoms with Crippen molar-refractivity contribution in [3.8, 4) is 11.5 Å². The van der Waals surface area contributed by atoms with Crippen LogP contribution in [0.15, 0.2) is 57.5 Å². The highest BCUT2D eigenvalue weighted by Crippen LogP contribution is 2.38. The smallest absolute Gasteiger partial charge is 0.338 e. The molecule has 184 valence electrons. The lowest BCUT2D eigenvalue weighted by Crippen LogP contribution is -2.39. The van der Waals surface area contributed by atoms with Crippen LogP contribution in [-0.2, 0) is 9.53 Å². The molecule has 0 spiro atoms. The predicted molar refractivity (Wildman–Crippen MR) is 131 cm³/mol. The molecule has 1 atom stereocenters. The van der Waals surface area contributed by atoms with E-state index in [1.165, 1.54) is 22.8 Å². The summed E-state index contributed by atoms with van der Waals surface area (Å²) in [7, 11) is 0. The van der Waals surface area contributed by atoms with E-state index in [1.54, 1.807) is 38.1 Å². The average Bonchev–Trinajstić information content (AvgIpc) is 3.42. The molecular formula is C24H18ClN3O7S. The van der Waals surface area contributed by atoms with E-state index in [-0.39, 0.29) is 40.5 Å². The van der Waals surface area contributed by atoms with E-state index in [4.69, 9.17) is 25.8 Å². The summed E-state index contributed by atoms with van der Waals surface area (Å²) in [4.78, 5) is 42.6. The molecule has 12 heteroatoms. The highest BCUT2D eigenvalue weighted by Gasteiger charge is 2.33. The van der Waals surface area contributed by atoms with Crippen LogP contribution in [-0.4, -0.2) is 28.9 Å². The van der Waals surface area contributed by atoms with Gasteiger partial charge in [-0.2, -0.15) is 0 Å². The maximum Gasteiger partial charge on any atom is 0.338 e. The first-order valence-corrected chi connectivity index (χ1v) is 12.0. The van der Waals surface area contributed by atoms with Crippen LogP contribution in [0.25, 0.3) is 6.08 Å². The number of nitrogens with zero attached hydrogens (tertiary/aromatic N) is 3. The first-order valence-electron chi connectivity index (χ1n) is 10.8. The molecule has 5 rings (SSSR count). The Hall–Kier alpha value is -3.96. The zero-order chi connectivity index (χ0) is 25.6. The monoisotopic (exact) mass is 527 g/mol. The number of halogens is 1. The number of hydrogen-bond donors (Lipinski definition) is 0. The molecule has 0 saturated carbocycles. The van der Waals surface area contributed by atoms with Crippen molar-refractivity contribution >= 4 is 40.7 Å². The second kappa shape index (κ2) is 9.25. The molecular weight excluding hydrogens is 510 g/mol. The molecule has 3 aromatic rings. The van der Waals surface area contributed by atoms with Crippen LogP contribution in [0.5, 0.6) is 11.5 Å². The van der Waals surface area contributed by atoms with Gasteiger partial charge in [-0.25, -0.2) is 9.79 Å². The topological polar surface area (TPSA) is 122 Å². The number of hydrogen-bond acceptors (Lipinski definition) is 9. The van der Waals surface area contributed by atoms with Crippen molar-refractivity contribution in [2.24, 2.45) is 4.99 Å². The summed E-state index contributed by atoms with van der Waals surface area (Å²) in [5.41, 5.74) is 0.766. The van der Waals surface area contributed by atoms with Crippen LogP contribution in [0, 0.1) is 10.1 Å². The fraction of sp³-hybridized carbons (Fsp3) is 0.208. The molecule has 2 aliphatic heterocycles. The third-order valence-electron chi connectivity index (χ3n) is 5.71. The minimum Gasteiger partial charge on any atom is -0.463 e. The fourth-order valence-corrected chi connectivity index (χ4v) is 5.28. The predicted octanol–water partition coefficient (Wildman–Crippen LogP) is 3.09. The van der Waals surface area contributed by atoms with Crippen molar-refractivity contribution in [3.63, 3.8) is 0 Å². The van der Waals surface area contributed by atoms with Crippen LogP contribution in [0.1, 0.15) is 31.0 Å². The van der Waals surface area contributed by atoms with Crippen LogP contribution in [0.4, 0.5) is 5.69 Å².